The molecule has 98 valence electrons. The molecule has 1 fully saturated rings. The van der Waals surface area contributed by atoms with Crippen LogP contribution in [0.25, 0.3) is 0 Å². The molecule has 0 radical (unpaired) electrons. The Hall–Kier alpha value is -1.55. The Balaban J connectivity index is 2.17. The van der Waals surface area contributed by atoms with Crippen LogP contribution in [0.2, 0.25) is 0 Å². The second-order valence-corrected chi connectivity index (χ2v) is 4.83. The number of rotatable bonds is 5. The van der Waals surface area contributed by atoms with Crippen molar-refractivity contribution >= 4 is 5.84 Å². The molecule has 4 heteroatoms. The van der Waals surface area contributed by atoms with Crippen molar-refractivity contribution < 1.29 is 9.94 Å². The van der Waals surface area contributed by atoms with Gasteiger partial charge in [-0.2, -0.15) is 0 Å². The third kappa shape index (κ3) is 2.34. The zero-order chi connectivity index (χ0) is 13.0. The lowest BCUT2D eigenvalue weighted by Crippen LogP contribution is -2.39. The zero-order valence-corrected chi connectivity index (χ0v) is 10.7. The second-order valence-electron chi connectivity index (χ2n) is 4.83. The lowest BCUT2D eigenvalue weighted by Gasteiger charge is -2.42. The van der Waals surface area contributed by atoms with Crippen molar-refractivity contribution in [2.45, 2.75) is 31.6 Å². The highest BCUT2D eigenvalue weighted by molar-refractivity contribution is 5.96. The van der Waals surface area contributed by atoms with Gasteiger partial charge in [0.15, 0.2) is 5.84 Å². The molecule has 0 spiro atoms. The third-order valence-corrected chi connectivity index (χ3v) is 3.79. The highest BCUT2D eigenvalue weighted by Crippen LogP contribution is 2.43. The average molecular weight is 248 g/mol. The fourth-order valence-electron chi connectivity index (χ4n) is 2.47. The Kier molecular flexibility index (Phi) is 3.87. The fourth-order valence-corrected chi connectivity index (χ4v) is 2.47. The van der Waals surface area contributed by atoms with E-state index in [2.05, 4.69) is 17.3 Å². The molecular weight excluding hydrogens is 228 g/mol. The van der Waals surface area contributed by atoms with Gasteiger partial charge in [-0.15, -0.1) is 0 Å². The molecule has 1 aliphatic carbocycles. The first kappa shape index (κ1) is 12.9. The van der Waals surface area contributed by atoms with Crippen LogP contribution in [0.4, 0.5) is 0 Å². The van der Waals surface area contributed by atoms with E-state index in [1.165, 1.54) is 24.8 Å². The lowest BCUT2D eigenvalue weighted by atomic mass is 9.65. The van der Waals surface area contributed by atoms with E-state index in [9.17, 15) is 0 Å². The molecule has 4 nitrogen and oxygen atoms in total. The van der Waals surface area contributed by atoms with Gasteiger partial charge in [-0.3, -0.25) is 0 Å². The number of hydrogen-bond acceptors (Lipinski definition) is 3. The molecule has 0 unspecified atom stereocenters. The van der Waals surface area contributed by atoms with Gasteiger partial charge in [0, 0.05) is 17.6 Å². The molecule has 1 aromatic rings. The van der Waals surface area contributed by atoms with Crippen molar-refractivity contribution in [2.75, 3.05) is 13.2 Å². The molecule has 0 bridgehead atoms. The maximum atomic E-state index is 8.63. The maximum absolute atomic E-state index is 8.63. The van der Waals surface area contributed by atoms with E-state index in [0.717, 1.165) is 18.8 Å². The van der Waals surface area contributed by atoms with Gasteiger partial charge in [-0.25, -0.2) is 0 Å². The summed E-state index contributed by atoms with van der Waals surface area (Å²) in [6, 6.07) is 7.92. The SMILES string of the molecule is CCOCC1(c2ccc(C(N)=NO)cc2)CCC1. The number of ether oxygens (including phenoxy) is 1. The Morgan fingerprint density at radius 2 is 2.06 bits per heavy atom. The van der Waals surface area contributed by atoms with Gasteiger partial charge in [0.05, 0.1) is 6.61 Å². The van der Waals surface area contributed by atoms with E-state index in [1.807, 2.05) is 19.1 Å². The molecule has 18 heavy (non-hydrogen) atoms. The average Bonchev–Trinajstić information content (AvgIpc) is 2.37. The topological polar surface area (TPSA) is 67.8 Å². The van der Waals surface area contributed by atoms with Crippen LogP contribution in [0, 0.1) is 0 Å². The first-order chi connectivity index (χ1) is 8.72. The molecule has 0 amide bonds. The van der Waals surface area contributed by atoms with Crippen LogP contribution >= 0.6 is 0 Å². The molecule has 1 aliphatic rings. The molecular formula is C14H20N2O2. The highest BCUT2D eigenvalue weighted by Gasteiger charge is 2.38. The van der Waals surface area contributed by atoms with Crippen molar-refractivity contribution in [3.05, 3.63) is 35.4 Å². The highest BCUT2D eigenvalue weighted by atomic mass is 16.5. The Bertz CT molecular complexity index is 422. The van der Waals surface area contributed by atoms with E-state index in [1.54, 1.807) is 0 Å². The van der Waals surface area contributed by atoms with Gasteiger partial charge in [-0.1, -0.05) is 35.8 Å². The zero-order valence-electron chi connectivity index (χ0n) is 10.7. The summed E-state index contributed by atoms with van der Waals surface area (Å²) >= 11 is 0. The van der Waals surface area contributed by atoms with E-state index in [0.29, 0.717) is 0 Å². The summed E-state index contributed by atoms with van der Waals surface area (Å²) < 4.78 is 5.61. The molecule has 1 saturated carbocycles. The Morgan fingerprint density at radius 1 is 1.39 bits per heavy atom. The predicted molar refractivity (Wildman–Crippen MR) is 71.0 cm³/mol. The minimum Gasteiger partial charge on any atom is -0.409 e. The summed E-state index contributed by atoms with van der Waals surface area (Å²) in [6.45, 7) is 3.56. The first-order valence-corrected chi connectivity index (χ1v) is 6.38. The smallest absolute Gasteiger partial charge is 0.170 e. The summed E-state index contributed by atoms with van der Waals surface area (Å²) in [5, 5.41) is 11.6. The van der Waals surface area contributed by atoms with Crippen LogP contribution in [-0.4, -0.2) is 24.3 Å². The predicted octanol–water partition coefficient (Wildman–Crippen LogP) is 2.24. The molecule has 2 rings (SSSR count). The van der Waals surface area contributed by atoms with Crippen molar-refractivity contribution in [3.8, 4) is 0 Å². The number of benzene rings is 1. The van der Waals surface area contributed by atoms with Crippen LogP contribution in [0.1, 0.15) is 37.3 Å². The summed E-state index contributed by atoms with van der Waals surface area (Å²) in [5.41, 5.74) is 7.77. The number of oxime groups is 1. The largest absolute Gasteiger partial charge is 0.409 e. The normalized spacial score (nSPS) is 18.4. The molecule has 1 aromatic carbocycles. The molecule has 0 heterocycles. The van der Waals surface area contributed by atoms with Crippen molar-refractivity contribution in [2.24, 2.45) is 10.9 Å². The van der Waals surface area contributed by atoms with E-state index < -0.39 is 0 Å². The standard InChI is InChI=1S/C14H20N2O2/c1-2-18-10-14(8-3-9-14)12-6-4-11(5-7-12)13(15)16-17/h4-7,17H,2-3,8-10H2,1H3,(H2,15,16). The summed E-state index contributed by atoms with van der Waals surface area (Å²) in [4.78, 5) is 0. The number of nitrogens with zero attached hydrogens (tertiary/aromatic N) is 1. The lowest BCUT2D eigenvalue weighted by molar-refractivity contribution is 0.0522. The van der Waals surface area contributed by atoms with Crippen molar-refractivity contribution in [1.29, 1.82) is 0 Å². The number of hydrogen-bond donors (Lipinski definition) is 2. The third-order valence-electron chi connectivity index (χ3n) is 3.79. The molecule has 0 atom stereocenters. The van der Waals surface area contributed by atoms with E-state index in [4.69, 9.17) is 15.7 Å². The molecule has 3 N–H and O–H groups in total. The van der Waals surface area contributed by atoms with Gasteiger partial charge < -0.3 is 15.7 Å². The first-order valence-electron chi connectivity index (χ1n) is 6.38. The van der Waals surface area contributed by atoms with Crippen LogP contribution in [0.3, 0.4) is 0 Å². The van der Waals surface area contributed by atoms with E-state index >= 15 is 0 Å². The second kappa shape index (κ2) is 5.40. The monoisotopic (exact) mass is 248 g/mol. The Morgan fingerprint density at radius 3 is 2.50 bits per heavy atom. The van der Waals surface area contributed by atoms with Gasteiger partial charge in [-0.05, 0) is 25.3 Å². The van der Waals surface area contributed by atoms with Crippen molar-refractivity contribution in [3.63, 3.8) is 0 Å². The molecule has 0 aromatic heterocycles. The van der Waals surface area contributed by atoms with Crippen LogP contribution in [-0.2, 0) is 10.2 Å². The molecule has 0 aliphatic heterocycles. The van der Waals surface area contributed by atoms with Crippen LogP contribution in [0.15, 0.2) is 29.4 Å². The quantitative estimate of drug-likeness (QED) is 0.363. The fraction of sp³-hybridized carbons (Fsp3) is 0.500. The number of amidine groups is 1. The summed E-state index contributed by atoms with van der Waals surface area (Å²) in [6.07, 6.45) is 3.61. The number of nitrogens with two attached hydrogens (primary N) is 1. The van der Waals surface area contributed by atoms with E-state index in [-0.39, 0.29) is 11.3 Å². The van der Waals surface area contributed by atoms with Gasteiger partial charge >= 0.3 is 0 Å². The summed E-state index contributed by atoms with van der Waals surface area (Å²) in [7, 11) is 0. The minimum atomic E-state index is 0.147. The molecule has 0 saturated heterocycles. The van der Waals surface area contributed by atoms with Gasteiger partial charge in [0.25, 0.3) is 0 Å². The maximum Gasteiger partial charge on any atom is 0.170 e. The van der Waals surface area contributed by atoms with Crippen molar-refractivity contribution in [1.82, 2.24) is 0 Å². The van der Waals surface area contributed by atoms with Gasteiger partial charge in [0.2, 0.25) is 0 Å². The van der Waals surface area contributed by atoms with Gasteiger partial charge in [0.1, 0.15) is 0 Å². The van der Waals surface area contributed by atoms with Crippen LogP contribution in [0.5, 0.6) is 0 Å². The minimum absolute atomic E-state index is 0.147. The van der Waals surface area contributed by atoms with Crippen LogP contribution < -0.4 is 5.73 Å². The Labute approximate surface area is 107 Å². The summed E-state index contributed by atoms with van der Waals surface area (Å²) in [5.74, 6) is 0.147.